The van der Waals surface area contributed by atoms with Crippen molar-refractivity contribution >= 4 is 11.7 Å². The molecule has 0 saturated heterocycles. The summed E-state index contributed by atoms with van der Waals surface area (Å²) in [5.74, 6) is 0.199. The van der Waals surface area contributed by atoms with E-state index in [2.05, 4.69) is 19.0 Å². The Balaban J connectivity index is 2.77. The second-order valence-corrected chi connectivity index (χ2v) is 5.58. The number of amides is 1. The van der Waals surface area contributed by atoms with Crippen molar-refractivity contribution in [3.63, 3.8) is 0 Å². The lowest BCUT2D eigenvalue weighted by Crippen LogP contribution is -2.47. The highest BCUT2D eigenvalue weighted by molar-refractivity contribution is 5.90. The zero-order valence-corrected chi connectivity index (χ0v) is 11.1. The molecule has 0 bridgehead atoms. The van der Waals surface area contributed by atoms with Crippen molar-refractivity contribution in [1.29, 1.82) is 0 Å². The molecule has 0 spiro atoms. The molecule has 2 unspecified atom stereocenters. The van der Waals surface area contributed by atoms with Crippen molar-refractivity contribution in [2.24, 2.45) is 22.2 Å². The van der Waals surface area contributed by atoms with E-state index < -0.39 is 0 Å². The first-order chi connectivity index (χ1) is 7.81. The van der Waals surface area contributed by atoms with Crippen LogP contribution in [-0.2, 0) is 4.79 Å². The molecule has 98 valence electrons. The molecule has 0 radical (unpaired) electrons. The molecule has 5 heteroatoms. The van der Waals surface area contributed by atoms with Gasteiger partial charge in [-0.3, -0.25) is 4.79 Å². The van der Waals surface area contributed by atoms with Crippen LogP contribution in [0.4, 0.5) is 0 Å². The van der Waals surface area contributed by atoms with Crippen molar-refractivity contribution in [2.75, 3.05) is 7.05 Å². The van der Waals surface area contributed by atoms with Gasteiger partial charge in [-0.05, 0) is 25.2 Å². The quantitative estimate of drug-likeness (QED) is 0.339. The van der Waals surface area contributed by atoms with Gasteiger partial charge in [0.2, 0.25) is 5.91 Å². The monoisotopic (exact) mass is 241 g/mol. The summed E-state index contributed by atoms with van der Waals surface area (Å²) in [5.41, 5.74) is 5.58. The summed E-state index contributed by atoms with van der Waals surface area (Å²) in [5, 5.41) is 11.6. The van der Waals surface area contributed by atoms with Gasteiger partial charge >= 0.3 is 0 Å². The van der Waals surface area contributed by atoms with Crippen LogP contribution in [0.25, 0.3) is 0 Å². The Morgan fingerprint density at radius 1 is 1.59 bits per heavy atom. The maximum Gasteiger partial charge on any atom is 0.226 e. The summed E-state index contributed by atoms with van der Waals surface area (Å²) in [6, 6.07) is -0.371. The second kappa shape index (κ2) is 4.94. The molecule has 1 saturated carbocycles. The van der Waals surface area contributed by atoms with Gasteiger partial charge in [0.1, 0.15) is 0 Å². The molecule has 5 nitrogen and oxygen atoms in total. The number of hydrogen-bond acceptors (Lipinski definition) is 3. The SMILES string of the molecule is CC(C(N)=NO)N(C)C(=O)C1CCCC1(C)C. The summed E-state index contributed by atoms with van der Waals surface area (Å²) in [6.07, 6.45) is 3.10. The Labute approximate surface area is 103 Å². The molecule has 1 aliphatic carbocycles. The number of hydrogen-bond donors (Lipinski definition) is 2. The van der Waals surface area contributed by atoms with Crippen molar-refractivity contribution in [2.45, 2.75) is 46.1 Å². The van der Waals surface area contributed by atoms with Crippen molar-refractivity contribution in [3.05, 3.63) is 0 Å². The van der Waals surface area contributed by atoms with Gasteiger partial charge in [-0.2, -0.15) is 0 Å². The average molecular weight is 241 g/mol. The minimum absolute atomic E-state index is 0.0430. The van der Waals surface area contributed by atoms with Gasteiger partial charge in [0.25, 0.3) is 0 Å². The number of likely N-dealkylation sites (N-methyl/N-ethyl adjacent to an activating group) is 1. The smallest absolute Gasteiger partial charge is 0.226 e. The van der Waals surface area contributed by atoms with Crippen LogP contribution in [0, 0.1) is 11.3 Å². The topological polar surface area (TPSA) is 78.9 Å². The maximum atomic E-state index is 12.4. The van der Waals surface area contributed by atoms with Gasteiger partial charge < -0.3 is 15.8 Å². The molecule has 0 aromatic heterocycles. The summed E-state index contributed by atoms with van der Waals surface area (Å²) in [6.45, 7) is 6.02. The zero-order chi connectivity index (χ0) is 13.2. The molecular formula is C12H23N3O2. The predicted molar refractivity (Wildman–Crippen MR) is 66.8 cm³/mol. The minimum Gasteiger partial charge on any atom is -0.409 e. The van der Waals surface area contributed by atoms with E-state index >= 15 is 0 Å². The highest BCUT2D eigenvalue weighted by Gasteiger charge is 2.41. The predicted octanol–water partition coefficient (Wildman–Crippen LogP) is 1.41. The molecule has 1 amide bonds. The minimum atomic E-state index is -0.371. The van der Waals surface area contributed by atoms with Gasteiger partial charge in [-0.25, -0.2) is 0 Å². The van der Waals surface area contributed by atoms with Crippen LogP contribution in [0.1, 0.15) is 40.0 Å². The molecule has 0 aromatic carbocycles. The van der Waals surface area contributed by atoms with E-state index in [-0.39, 0.29) is 29.1 Å². The molecule has 0 aromatic rings. The summed E-state index contributed by atoms with van der Waals surface area (Å²) >= 11 is 0. The lowest BCUT2D eigenvalue weighted by Gasteiger charge is -2.32. The van der Waals surface area contributed by atoms with Crippen molar-refractivity contribution in [3.8, 4) is 0 Å². The number of nitrogens with two attached hydrogens (primary N) is 1. The first-order valence-corrected chi connectivity index (χ1v) is 6.05. The van der Waals surface area contributed by atoms with Crippen LogP contribution in [0.5, 0.6) is 0 Å². The molecule has 0 aliphatic heterocycles. The lowest BCUT2D eigenvalue weighted by atomic mass is 9.81. The molecule has 3 N–H and O–H groups in total. The van der Waals surface area contributed by atoms with E-state index in [0.717, 1.165) is 19.3 Å². The standard InChI is InChI=1S/C12H23N3O2/c1-8(10(13)14-17)15(4)11(16)9-6-5-7-12(9,2)3/h8-9,17H,5-7H2,1-4H3,(H2,13,14). The number of oxime groups is 1. The molecule has 1 aliphatic rings. The lowest BCUT2D eigenvalue weighted by molar-refractivity contribution is -0.137. The Morgan fingerprint density at radius 3 is 2.59 bits per heavy atom. The van der Waals surface area contributed by atoms with Crippen LogP contribution < -0.4 is 5.73 Å². The van der Waals surface area contributed by atoms with Crippen molar-refractivity contribution < 1.29 is 10.0 Å². The average Bonchev–Trinajstić information content (AvgIpc) is 2.64. The van der Waals surface area contributed by atoms with E-state index in [1.807, 2.05) is 0 Å². The van der Waals surface area contributed by atoms with Crippen LogP contribution in [0.2, 0.25) is 0 Å². The summed E-state index contributed by atoms with van der Waals surface area (Å²) < 4.78 is 0. The molecule has 2 atom stereocenters. The first kappa shape index (κ1) is 13.8. The first-order valence-electron chi connectivity index (χ1n) is 6.05. The zero-order valence-electron chi connectivity index (χ0n) is 11.1. The molecular weight excluding hydrogens is 218 g/mol. The highest BCUT2D eigenvalue weighted by atomic mass is 16.4. The van der Waals surface area contributed by atoms with Crippen LogP contribution in [0.3, 0.4) is 0 Å². The largest absolute Gasteiger partial charge is 0.409 e. The third kappa shape index (κ3) is 2.70. The van der Waals surface area contributed by atoms with Gasteiger partial charge in [0.15, 0.2) is 5.84 Å². The number of rotatable bonds is 3. The molecule has 1 rings (SSSR count). The molecule has 17 heavy (non-hydrogen) atoms. The molecule has 1 fully saturated rings. The van der Waals surface area contributed by atoms with E-state index in [9.17, 15) is 4.79 Å². The fourth-order valence-electron chi connectivity index (χ4n) is 2.50. The van der Waals surface area contributed by atoms with E-state index in [1.165, 1.54) is 0 Å². The normalized spacial score (nSPS) is 25.6. The second-order valence-electron chi connectivity index (χ2n) is 5.58. The van der Waals surface area contributed by atoms with E-state index in [1.54, 1.807) is 18.9 Å². The van der Waals surface area contributed by atoms with E-state index in [4.69, 9.17) is 10.9 Å². The Morgan fingerprint density at radius 2 is 2.18 bits per heavy atom. The van der Waals surface area contributed by atoms with Gasteiger partial charge in [0.05, 0.1) is 6.04 Å². The third-order valence-electron chi connectivity index (χ3n) is 4.03. The Bertz CT molecular complexity index is 326. The van der Waals surface area contributed by atoms with E-state index in [0.29, 0.717) is 0 Å². The van der Waals surface area contributed by atoms with Crippen molar-refractivity contribution in [1.82, 2.24) is 4.90 Å². The van der Waals surface area contributed by atoms with Gasteiger partial charge in [-0.1, -0.05) is 25.4 Å². The van der Waals surface area contributed by atoms with Crippen LogP contribution >= 0.6 is 0 Å². The highest BCUT2D eigenvalue weighted by Crippen LogP contribution is 2.43. The Hall–Kier alpha value is -1.26. The summed E-state index contributed by atoms with van der Waals surface area (Å²) in [4.78, 5) is 13.9. The van der Waals surface area contributed by atoms with Gasteiger partial charge in [-0.15, -0.1) is 0 Å². The number of carbonyl (C=O) groups excluding carboxylic acids is 1. The Kier molecular flexibility index (Phi) is 4.01. The molecule has 0 heterocycles. The van der Waals surface area contributed by atoms with Gasteiger partial charge in [0, 0.05) is 13.0 Å². The van der Waals surface area contributed by atoms with Crippen LogP contribution in [0.15, 0.2) is 5.16 Å². The fourth-order valence-corrected chi connectivity index (χ4v) is 2.50. The third-order valence-corrected chi connectivity index (χ3v) is 4.03. The number of nitrogens with zero attached hydrogens (tertiary/aromatic N) is 2. The summed E-state index contributed by atoms with van der Waals surface area (Å²) in [7, 11) is 1.71. The van der Waals surface area contributed by atoms with Crippen LogP contribution in [-0.4, -0.2) is 34.9 Å². The number of amidine groups is 1. The maximum absolute atomic E-state index is 12.4. The fraction of sp³-hybridized carbons (Fsp3) is 0.833. The number of carbonyl (C=O) groups is 1.